The van der Waals surface area contributed by atoms with Gasteiger partial charge in [-0.15, -0.1) is 11.6 Å². The SMILES string of the molecule is CCN(CC)C1CCN(c2ccc(CCl)cc2[N+](=O)[O-])C1. The van der Waals surface area contributed by atoms with Crippen LogP contribution in [0.4, 0.5) is 11.4 Å². The zero-order chi connectivity index (χ0) is 15.4. The summed E-state index contributed by atoms with van der Waals surface area (Å²) < 4.78 is 0. The molecule has 0 radical (unpaired) electrons. The highest BCUT2D eigenvalue weighted by Gasteiger charge is 2.30. The molecular formula is C15H22ClN3O2. The molecule has 0 aliphatic carbocycles. The van der Waals surface area contributed by atoms with Gasteiger partial charge in [0.1, 0.15) is 5.69 Å². The highest BCUT2D eigenvalue weighted by atomic mass is 35.5. The first kappa shape index (κ1) is 16.0. The lowest BCUT2D eigenvalue weighted by Gasteiger charge is -2.26. The van der Waals surface area contributed by atoms with E-state index in [0.717, 1.165) is 38.2 Å². The van der Waals surface area contributed by atoms with E-state index < -0.39 is 0 Å². The highest BCUT2D eigenvalue weighted by molar-refractivity contribution is 6.17. The minimum atomic E-state index is -0.309. The van der Waals surface area contributed by atoms with Crippen molar-refractivity contribution < 1.29 is 4.92 Å². The van der Waals surface area contributed by atoms with Crippen LogP contribution in [0.3, 0.4) is 0 Å². The molecule has 1 fully saturated rings. The van der Waals surface area contributed by atoms with E-state index in [4.69, 9.17) is 11.6 Å². The average molecular weight is 312 g/mol. The number of halogens is 1. The number of nitrogens with zero attached hydrogens (tertiary/aromatic N) is 3. The lowest BCUT2D eigenvalue weighted by molar-refractivity contribution is -0.384. The molecule has 6 heteroatoms. The van der Waals surface area contributed by atoms with Gasteiger partial charge in [0.15, 0.2) is 0 Å². The van der Waals surface area contributed by atoms with Gasteiger partial charge in [0.25, 0.3) is 5.69 Å². The third-order valence-electron chi connectivity index (χ3n) is 4.22. The van der Waals surface area contributed by atoms with Crippen LogP contribution in [-0.4, -0.2) is 42.0 Å². The van der Waals surface area contributed by atoms with Gasteiger partial charge < -0.3 is 4.90 Å². The Morgan fingerprint density at radius 3 is 2.71 bits per heavy atom. The monoisotopic (exact) mass is 311 g/mol. The van der Waals surface area contributed by atoms with E-state index in [-0.39, 0.29) is 10.6 Å². The summed E-state index contributed by atoms with van der Waals surface area (Å²) in [5.74, 6) is 0.295. The molecule has 0 saturated carbocycles. The Hall–Kier alpha value is -1.33. The Balaban J connectivity index is 2.21. The van der Waals surface area contributed by atoms with Gasteiger partial charge >= 0.3 is 0 Å². The molecule has 0 amide bonds. The third kappa shape index (κ3) is 3.47. The van der Waals surface area contributed by atoms with E-state index in [1.54, 1.807) is 6.07 Å². The van der Waals surface area contributed by atoms with Gasteiger partial charge in [-0.2, -0.15) is 0 Å². The molecule has 1 aliphatic rings. The van der Waals surface area contributed by atoms with Crippen molar-refractivity contribution in [2.45, 2.75) is 32.2 Å². The maximum Gasteiger partial charge on any atom is 0.292 e. The molecular weight excluding hydrogens is 290 g/mol. The van der Waals surface area contributed by atoms with Crippen LogP contribution < -0.4 is 4.90 Å². The quantitative estimate of drug-likeness (QED) is 0.460. The molecule has 1 aromatic rings. The van der Waals surface area contributed by atoms with Crippen molar-refractivity contribution in [3.05, 3.63) is 33.9 Å². The number of alkyl halides is 1. The number of hydrogen-bond acceptors (Lipinski definition) is 4. The first-order valence-electron chi connectivity index (χ1n) is 7.43. The topological polar surface area (TPSA) is 49.6 Å². The standard InChI is InChI=1S/C15H22ClN3O2/c1-3-17(4-2)13-7-8-18(11-13)14-6-5-12(10-16)9-15(14)19(20)21/h5-6,9,13H,3-4,7-8,10-11H2,1-2H3. The van der Waals surface area contributed by atoms with Crippen LogP contribution in [0, 0.1) is 10.1 Å². The van der Waals surface area contributed by atoms with Crippen molar-refractivity contribution in [2.24, 2.45) is 0 Å². The second-order valence-electron chi connectivity index (χ2n) is 5.32. The molecule has 1 saturated heterocycles. The van der Waals surface area contributed by atoms with E-state index >= 15 is 0 Å². The molecule has 0 bridgehead atoms. The first-order valence-corrected chi connectivity index (χ1v) is 7.96. The summed E-state index contributed by atoms with van der Waals surface area (Å²) in [6, 6.07) is 5.78. The van der Waals surface area contributed by atoms with E-state index in [1.165, 1.54) is 0 Å². The normalized spacial score (nSPS) is 18.5. The molecule has 0 N–H and O–H groups in total. The van der Waals surface area contributed by atoms with Crippen molar-refractivity contribution in [1.82, 2.24) is 4.90 Å². The molecule has 1 aromatic carbocycles. The fourth-order valence-electron chi connectivity index (χ4n) is 3.06. The zero-order valence-corrected chi connectivity index (χ0v) is 13.3. The molecule has 1 atom stereocenters. The van der Waals surface area contributed by atoms with Crippen LogP contribution in [0.25, 0.3) is 0 Å². The maximum absolute atomic E-state index is 11.3. The summed E-state index contributed by atoms with van der Waals surface area (Å²) in [5.41, 5.74) is 1.66. The van der Waals surface area contributed by atoms with Crippen LogP contribution in [0.15, 0.2) is 18.2 Å². The first-order chi connectivity index (χ1) is 10.1. The minimum absolute atomic E-state index is 0.161. The van der Waals surface area contributed by atoms with E-state index in [9.17, 15) is 10.1 Å². The maximum atomic E-state index is 11.3. The van der Waals surface area contributed by atoms with Gasteiger partial charge in [-0.05, 0) is 31.1 Å². The van der Waals surface area contributed by atoms with Gasteiger partial charge in [-0.25, -0.2) is 0 Å². The van der Waals surface area contributed by atoms with Crippen LogP contribution in [-0.2, 0) is 5.88 Å². The second kappa shape index (κ2) is 7.09. The number of benzene rings is 1. The van der Waals surface area contributed by atoms with Crippen LogP contribution in [0.2, 0.25) is 0 Å². The Bertz CT molecular complexity index is 506. The van der Waals surface area contributed by atoms with Crippen molar-refractivity contribution in [3.63, 3.8) is 0 Å². The molecule has 2 rings (SSSR count). The third-order valence-corrected chi connectivity index (χ3v) is 4.53. The van der Waals surface area contributed by atoms with Crippen LogP contribution in [0.1, 0.15) is 25.8 Å². The molecule has 1 heterocycles. The summed E-state index contributed by atoms with van der Waals surface area (Å²) in [7, 11) is 0. The van der Waals surface area contributed by atoms with Gasteiger partial charge in [0.05, 0.1) is 4.92 Å². The number of nitro groups is 1. The predicted octanol–water partition coefficient (Wildman–Crippen LogP) is 3.25. The second-order valence-corrected chi connectivity index (χ2v) is 5.59. The molecule has 116 valence electrons. The molecule has 1 unspecified atom stereocenters. The Morgan fingerprint density at radius 2 is 2.14 bits per heavy atom. The smallest absolute Gasteiger partial charge is 0.292 e. The summed E-state index contributed by atoms with van der Waals surface area (Å²) in [5, 5.41) is 11.3. The average Bonchev–Trinajstić information content (AvgIpc) is 2.97. The van der Waals surface area contributed by atoms with E-state index in [0.29, 0.717) is 17.6 Å². The fourth-order valence-corrected chi connectivity index (χ4v) is 3.23. The predicted molar refractivity (Wildman–Crippen MR) is 86.2 cm³/mol. The van der Waals surface area contributed by atoms with Gasteiger partial charge in [0.2, 0.25) is 0 Å². The van der Waals surface area contributed by atoms with Crippen molar-refractivity contribution in [1.29, 1.82) is 0 Å². The highest BCUT2D eigenvalue weighted by Crippen LogP contribution is 2.33. The number of anilines is 1. The number of hydrogen-bond donors (Lipinski definition) is 0. The Labute approximate surface area is 130 Å². The van der Waals surface area contributed by atoms with Crippen molar-refractivity contribution >= 4 is 23.0 Å². The van der Waals surface area contributed by atoms with Crippen molar-refractivity contribution in [2.75, 3.05) is 31.1 Å². The number of rotatable bonds is 6. The Morgan fingerprint density at radius 1 is 1.43 bits per heavy atom. The van der Waals surface area contributed by atoms with Gasteiger partial charge in [-0.1, -0.05) is 19.9 Å². The van der Waals surface area contributed by atoms with Crippen LogP contribution >= 0.6 is 11.6 Å². The fraction of sp³-hybridized carbons (Fsp3) is 0.600. The Kier molecular flexibility index (Phi) is 5.42. The van der Waals surface area contributed by atoms with E-state index in [1.807, 2.05) is 12.1 Å². The molecule has 0 spiro atoms. The largest absolute Gasteiger partial charge is 0.364 e. The zero-order valence-electron chi connectivity index (χ0n) is 12.6. The summed E-state index contributed by atoms with van der Waals surface area (Å²) >= 11 is 5.78. The summed E-state index contributed by atoms with van der Waals surface area (Å²) in [4.78, 5) is 15.5. The van der Waals surface area contributed by atoms with E-state index in [2.05, 4.69) is 23.6 Å². The molecule has 21 heavy (non-hydrogen) atoms. The van der Waals surface area contributed by atoms with Gasteiger partial charge in [0, 0.05) is 31.1 Å². The molecule has 1 aliphatic heterocycles. The lowest BCUT2D eigenvalue weighted by Crippen LogP contribution is -2.37. The lowest BCUT2D eigenvalue weighted by atomic mass is 10.2. The molecule has 5 nitrogen and oxygen atoms in total. The minimum Gasteiger partial charge on any atom is -0.364 e. The van der Waals surface area contributed by atoms with Crippen molar-refractivity contribution in [3.8, 4) is 0 Å². The number of nitro benzene ring substituents is 1. The molecule has 0 aromatic heterocycles. The van der Waals surface area contributed by atoms with Gasteiger partial charge in [-0.3, -0.25) is 15.0 Å². The summed E-state index contributed by atoms with van der Waals surface area (Å²) in [6.07, 6.45) is 1.05. The summed E-state index contributed by atoms with van der Waals surface area (Å²) in [6.45, 7) is 8.06. The van der Waals surface area contributed by atoms with Crippen LogP contribution in [0.5, 0.6) is 0 Å². The number of likely N-dealkylation sites (N-methyl/N-ethyl adjacent to an activating group) is 1.